The van der Waals surface area contributed by atoms with Gasteiger partial charge < -0.3 is 4.90 Å². The van der Waals surface area contributed by atoms with Crippen LogP contribution in [0.15, 0.2) is 102 Å². The Balaban J connectivity index is 1.80. The van der Waals surface area contributed by atoms with Gasteiger partial charge in [-0.3, -0.25) is 4.79 Å². The van der Waals surface area contributed by atoms with Crippen LogP contribution in [0.2, 0.25) is 0 Å². The largest absolute Gasteiger partial charge is 0.335 e. The monoisotopic (exact) mass is 446 g/mol. The zero-order chi connectivity index (χ0) is 22.7. The second kappa shape index (κ2) is 9.10. The van der Waals surface area contributed by atoms with Crippen LogP contribution in [0.3, 0.4) is 0 Å². The lowest BCUT2D eigenvalue weighted by atomic mass is 10.00. The summed E-state index contributed by atoms with van der Waals surface area (Å²) in [6, 6.07) is 24.0. The number of carbonyl (C=O) groups excluding carboxylic acids is 1. The third-order valence-corrected chi connectivity index (χ3v) is 7.64. The summed E-state index contributed by atoms with van der Waals surface area (Å²) in [5.74, 6) is -0.242. The summed E-state index contributed by atoms with van der Waals surface area (Å²) in [6.45, 7) is 6.46. The highest BCUT2D eigenvalue weighted by molar-refractivity contribution is 7.89. The number of piperazine rings is 1. The Morgan fingerprint density at radius 3 is 2.12 bits per heavy atom. The van der Waals surface area contributed by atoms with Crippen LogP contribution in [0.4, 0.5) is 0 Å². The minimum Gasteiger partial charge on any atom is -0.335 e. The fraction of sp³-hybridized carbons (Fsp3) is 0.192. The van der Waals surface area contributed by atoms with Crippen molar-refractivity contribution in [3.63, 3.8) is 0 Å². The standard InChI is InChI=1S/C26H26N2O3S/c1-3-23-19-27(18-21-10-6-4-7-11-21)26(29)25(22-12-8-5-9-13-22)28(23)32(30,31)24-16-14-20(2)15-17-24/h3-17,23,25H,1,18-19H2,2H3/t23-,25+/m1/s1. The van der Waals surface area contributed by atoms with Crippen LogP contribution in [0.25, 0.3) is 0 Å². The molecule has 5 nitrogen and oxygen atoms in total. The van der Waals surface area contributed by atoms with Gasteiger partial charge >= 0.3 is 0 Å². The molecule has 1 aliphatic rings. The van der Waals surface area contributed by atoms with Gasteiger partial charge in [0.2, 0.25) is 15.9 Å². The molecule has 32 heavy (non-hydrogen) atoms. The maximum atomic E-state index is 13.8. The van der Waals surface area contributed by atoms with Gasteiger partial charge in [-0.1, -0.05) is 84.4 Å². The second-order valence-corrected chi connectivity index (χ2v) is 9.81. The van der Waals surface area contributed by atoms with E-state index in [4.69, 9.17) is 0 Å². The summed E-state index contributed by atoms with van der Waals surface area (Å²) in [5, 5.41) is 0. The molecule has 1 aliphatic heterocycles. The van der Waals surface area contributed by atoms with Crippen molar-refractivity contribution in [2.24, 2.45) is 0 Å². The van der Waals surface area contributed by atoms with E-state index in [0.29, 0.717) is 12.1 Å². The summed E-state index contributed by atoms with van der Waals surface area (Å²) in [4.78, 5) is 15.6. The van der Waals surface area contributed by atoms with Gasteiger partial charge in [-0.25, -0.2) is 8.42 Å². The van der Waals surface area contributed by atoms with Crippen LogP contribution in [-0.2, 0) is 21.4 Å². The van der Waals surface area contributed by atoms with Crippen LogP contribution in [0.5, 0.6) is 0 Å². The molecule has 0 spiro atoms. The molecule has 0 saturated carbocycles. The molecule has 0 radical (unpaired) electrons. The van der Waals surface area contributed by atoms with Gasteiger partial charge in [-0.2, -0.15) is 4.31 Å². The summed E-state index contributed by atoms with van der Waals surface area (Å²) in [7, 11) is -3.95. The zero-order valence-electron chi connectivity index (χ0n) is 18.0. The van der Waals surface area contributed by atoms with Crippen LogP contribution in [-0.4, -0.2) is 36.1 Å². The van der Waals surface area contributed by atoms with E-state index in [2.05, 4.69) is 6.58 Å². The van der Waals surface area contributed by atoms with E-state index in [0.717, 1.165) is 11.1 Å². The fourth-order valence-electron chi connectivity index (χ4n) is 4.07. The maximum Gasteiger partial charge on any atom is 0.245 e. The first kappa shape index (κ1) is 22.0. The first-order valence-corrected chi connectivity index (χ1v) is 12.0. The number of rotatable bonds is 6. The van der Waals surface area contributed by atoms with E-state index in [9.17, 15) is 13.2 Å². The van der Waals surface area contributed by atoms with Gasteiger partial charge in [-0.15, -0.1) is 6.58 Å². The van der Waals surface area contributed by atoms with Crippen molar-refractivity contribution in [1.82, 2.24) is 9.21 Å². The molecule has 0 aromatic heterocycles. The lowest BCUT2D eigenvalue weighted by Crippen LogP contribution is -2.58. The number of benzene rings is 3. The predicted octanol–water partition coefficient (Wildman–Crippen LogP) is 4.32. The Kier molecular flexibility index (Phi) is 6.26. The Labute approximate surface area is 189 Å². The Morgan fingerprint density at radius 2 is 1.53 bits per heavy atom. The number of hydrogen-bond donors (Lipinski definition) is 0. The third kappa shape index (κ3) is 4.24. The van der Waals surface area contributed by atoms with Crippen molar-refractivity contribution in [3.05, 3.63) is 114 Å². The highest BCUT2D eigenvalue weighted by Gasteiger charge is 2.46. The summed E-state index contributed by atoms with van der Waals surface area (Å²) in [6.07, 6.45) is 1.62. The van der Waals surface area contributed by atoms with Crippen molar-refractivity contribution in [3.8, 4) is 0 Å². The predicted molar refractivity (Wildman–Crippen MR) is 125 cm³/mol. The molecule has 1 amide bonds. The number of amides is 1. The molecule has 4 rings (SSSR count). The second-order valence-electron chi connectivity index (χ2n) is 7.97. The number of aryl methyl sites for hydroxylation is 1. The number of carbonyl (C=O) groups is 1. The fourth-order valence-corrected chi connectivity index (χ4v) is 5.79. The molecule has 0 bridgehead atoms. The van der Waals surface area contributed by atoms with Crippen molar-refractivity contribution in [2.75, 3.05) is 6.54 Å². The van der Waals surface area contributed by atoms with Gasteiger partial charge in [0.25, 0.3) is 0 Å². The SMILES string of the molecule is C=C[C@@H]1CN(Cc2ccccc2)C(=O)[C@H](c2ccccc2)N1S(=O)(=O)c1ccc(C)cc1. The van der Waals surface area contributed by atoms with Crippen LogP contribution >= 0.6 is 0 Å². The van der Waals surface area contributed by atoms with Gasteiger partial charge in [0.15, 0.2) is 0 Å². The molecule has 1 fully saturated rings. The van der Waals surface area contributed by atoms with Crippen molar-refractivity contribution in [1.29, 1.82) is 0 Å². The Bertz CT molecular complexity index is 1190. The zero-order valence-corrected chi connectivity index (χ0v) is 18.8. The molecule has 2 atom stereocenters. The molecule has 0 aliphatic carbocycles. The molecule has 3 aromatic rings. The minimum atomic E-state index is -3.95. The van der Waals surface area contributed by atoms with Crippen LogP contribution in [0, 0.1) is 6.92 Å². The first-order valence-electron chi connectivity index (χ1n) is 10.5. The topological polar surface area (TPSA) is 57.7 Å². The van der Waals surface area contributed by atoms with Crippen molar-refractivity contribution >= 4 is 15.9 Å². The van der Waals surface area contributed by atoms with Gasteiger partial charge in [0.1, 0.15) is 6.04 Å². The summed E-state index contributed by atoms with van der Waals surface area (Å²) < 4.78 is 28.9. The quantitative estimate of drug-likeness (QED) is 0.530. The minimum absolute atomic E-state index is 0.167. The molecule has 1 saturated heterocycles. The van der Waals surface area contributed by atoms with E-state index >= 15 is 0 Å². The van der Waals surface area contributed by atoms with Crippen LogP contribution in [0.1, 0.15) is 22.7 Å². The van der Waals surface area contributed by atoms with E-state index < -0.39 is 22.1 Å². The highest BCUT2D eigenvalue weighted by Crippen LogP contribution is 2.36. The van der Waals surface area contributed by atoms with Crippen molar-refractivity contribution in [2.45, 2.75) is 30.4 Å². The maximum absolute atomic E-state index is 13.8. The molecular formula is C26H26N2O3S. The molecule has 1 heterocycles. The molecule has 0 unspecified atom stereocenters. The summed E-state index contributed by atoms with van der Waals surface area (Å²) >= 11 is 0. The van der Waals surface area contributed by atoms with E-state index in [1.807, 2.05) is 55.5 Å². The molecule has 6 heteroatoms. The Morgan fingerprint density at radius 1 is 0.938 bits per heavy atom. The van der Waals surface area contributed by atoms with E-state index in [1.54, 1.807) is 47.4 Å². The molecule has 164 valence electrons. The van der Waals surface area contributed by atoms with Gasteiger partial charge in [0.05, 0.1) is 10.9 Å². The molecule has 3 aromatic carbocycles. The van der Waals surface area contributed by atoms with Gasteiger partial charge in [-0.05, 0) is 30.2 Å². The summed E-state index contributed by atoms with van der Waals surface area (Å²) in [5.41, 5.74) is 2.59. The van der Waals surface area contributed by atoms with Crippen LogP contribution < -0.4 is 0 Å². The molecule has 0 N–H and O–H groups in total. The number of sulfonamides is 1. The third-order valence-electron chi connectivity index (χ3n) is 5.73. The van der Waals surface area contributed by atoms with Crippen molar-refractivity contribution < 1.29 is 13.2 Å². The lowest BCUT2D eigenvalue weighted by Gasteiger charge is -2.44. The average molecular weight is 447 g/mol. The van der Waals surface area contributed by atoms with E-state index in [-0.39, 0.29) is 17.3 Å². The smallest absolute Gasteiger partial charge is 0.245 e. The lowest BCUT2D eigenvalue weighted by molar-refractivity contribution is -0.141. The number of hydrogen-bond acceptors (Lipinski definition) is 3. The Hall–Kier alpha value is -3.22. The highest BCUT2D eigenvalue weighted by atomic mass is 32.2. The normalized spacial score (nSPS) is 19.7. The van der Waals surface area contributed by atoms with E-state index in [1.165, 1.54) is 4.31 Å². The van der Waals surface area contributed by atoms with Gasteiger partial charge in [0, 0.05) is 13.1 Å². The average Bonchev–Trinajstić information content (AvgIpc) is 2.81. The molecular weight excluding hydrogens is 420 g/mol. The number of nitrogens with zero attached hydrogens (tertiary/aromatic N) is 2. The first-order chi connectivity index (χ1) is 15.4.